The van der Waals surface area contributed by atoms with Crippen LogP contribution in [0.1, 0.15) is 86.5 Å². The van der Waals surface area contributed by atoms with Gasteiger partial charge >= 0.3 is 11.9 Å². The second-order valence-corrected chi connectivity index (χ2v) is 18.5. The molecule has 0 aromatic heterocycles. The molecule has 0 aromatic carbocycles. The number of thioether (sulfide) groups is 1. The summed E-state index contributed by atoms with van der Waals surface area (Å²) in [6.07, 6.45) is -0.648. The average molecular weight is 1040 g/mol. The summed E-state index contributed by atoms with van der Waals surface area (Å²) < 4.78 is 0. The van der Waals surface area contributed by atoms with Crippen molar-refractivity contribution in [1.82, 2.24) is 42.5 Å². The molecule has 69 heavy (non-hydrogen) atoms. The van der Waals surface area contributed by atoms with Gasteiger partial charge in [0.05, 0.1) is 12.5 Å². The van der Waals surface area contributed by atoms with E-state index < -0.39 is 169 Å². The molecule has 0 fully saturated rings. The number of carboxylic acids is 2. The summed E-state index contributed by atoms with van der Waals surface area (Å²) >= 11 is 9.57. The Labute approximate surface area is 416 Å². The van der Waals surface area contributed by atoms with Crippen LogP contribution in [0, 0.1) is 17.8 Å². The normalized spacial score (nSPS) is 15.5. The number of carboxylic acid groups (broad SMARTS) is 2. The lowest BCUT2D eigenvalue weighted by Gasteiger charge is -2.29. The highest BCUT2D eigenvalue weighted by Gasteiger charge is 2.37. The first-order valence-electron chi connectivity index (χ1n) is 22.1. The van der Waals surface area contributed by atoms with E-state index in [2.05, 4.69) is 67.8 Å². The molecule has 0 aromatic rings. The minimum Gasteiger partial charge on any atom is -0.481 e. The van der Waals surface area contributed by atoms with E-state index in [0.29, 0.717) is 5.75 Å². The molecule has 0 bridgehead atoms. The van der Waals surface area contributed by atoms with Gasteiger partial charge in [-0.2, -0.15) is 37.0 Å². The Bertz CT molecular complexity index is 1830. The molecule has 0 heterocycles. The third-order valence-electron chi connectivity index (χ3n) is 10.6. The monoisotopic (exact) mass is 1040 g/mol. The summed E-state index contributed by atoms with van der Waals surface area (Å²) in [6.45, 7) is 9.75. The molecular weight excluding hydrogens is 967 g/mol. The molecule has 392 valence electrons. The summed E-state index contributed by atoms with van der Waals surface area (Å²) in [5.74, 6) is -14.2. The van der Waals surface area contributed by atoms with Gasteiger partial charge < -0.3 is 69.9 Å². The highest BCUT2D eigenvalue weighted by atomic mass is 32.2. The van der Waals surface area contributed by atoms with Crippen molar-refractivity contribution >= 4 is 108 Å². The van der Waals surface area contributed by atoms with Crippen LogP contribution >= 0.6 is 37.0 Å². The second kappa shape index (κ2) is 32.5. The summed E-state index contributed by atoms with van der Waals surface area (Å²) in [5.41, 5.74) is 16.5. The number of nitrogens with one attached hydrogen (secondary N) is 8. The van der Waals surface area contributed by atoms with Gasteiger partial charge in [0.1, 0.15) is 48.3 Å². The first-order valence-corrected chi connectivity index (χ1v) is 24.7. The maximum Gasteiger partial charge on any atom is 0.326 e. The molecule has 10 atom stereocenters. The summed E-state index contributed by atoms with van der Waals surface area (Å²) in [6, 6.07) is -13.0. The predicted octanol–water partition coefficient (Wildman–Crippen LogP) is -3.75. The van der Waals surface area contributed by atoms with Crippen molar-refractivity contribution in [2.24, 2.45) is 35.0 Å². The van der Waals surface area contributed by atoms with Crippen LogP contribution in [0.2, 0.25) is 0 Å². The number of aliphatic carboxylic acids is 2. The zero-order valence-electron chi connectivity index (χ0n) is 39.8. The fourth-order valence-corrected chi connectivity index (χ4v) is 7.02. The molecule has 0 saturated carbocycles. The van der Waals surface area contributed by atoms with Gasteiger partial charge in [0.25, 0.3) is 0 Å². The molecule has 0 aliphatic heterocycles. The SMILES string of the molecule is CC[C@H](C)[C@H](NC(=O)[C@H](CS)NC(=O)[C@H](CC(=O)O)NC(=O)[C@H](CCC(N)=O)NC(=O)[C@H](CS)NC(=O)[C@@H](N)C(C)C)C(=O)N[C@@H](CCC(N)=O)C(=O)N[C@@H](CCSC)C(=O)N[C@H](C(=O)O)C(C)C. The molecule has 0 rings (SSSR count). The van der Waals surface area contributed by atoms with E-state index in [1.165, 1.54) is 11.8 Å². The molecule has 16 N–H and O–H groups in total. The van der Waals surface area contributed by atoms with Crippen molar-refractivity contribution in [2.45, 2.75) is 141 Å². The topological polar surface area (TPSA) is 420 Å². The third kappa shape index (κ3) is 23.7. The minimum absolute atomic E-state index is 0.0534. The van der Waals surface area contributed by atoms with Crippen LogP contribution in [-0.4, -0.2) is 159 Å². The van der Waals surface area contributed by atoms with Crippen LogP contribution in [0.3, 0.4) is 0 Å². The molecule has 25 nitrogen and oxygen atoms in total. The second-order valence-electron chi connectivity index (χ2n) is 16.8. The van der Waals surface area contributed by atoms with Crippen LogP contribution in [0.5, 0.6) is 0 Å². The van der Waals surface area contributed by atoms with Crippen molar-refractivity contribution in [1.29, 1.82) is 0 Å². The predicted molar refractivity (Wildman–Crippen MR) is 260 cm³/mol. The minimum atomic E-state index is -1.91. The van der Waals surface area contributed by atoms with Gasteiger partial charge in [0.2, 0.25) is 59.1 Å². The lowest BCUT2D eigenvalue weighted by molar-refractivity contribution is -0.143. The van der Waals surface area contributed by atoms with Gasteiger partial charge in [0, 0.05) is 24.3 Å². The Kier molecular flexibility index (Phi) is 29.9. The summed E-state index contributed by atoms with van der Waals surface area (Å²) in [7, 11) is 0. The van der Waals surface area contributed by atoms with E-state index in [1.54, 1.807) is 47.8 Å². The first kappa shape index (κ1) is 63.6. The van der Waals surface area contributed by atoms with Crippen LogP contribution in [0.4, 0.5) is 0 Å². The highest BCUT2D eigenvalue weighted by Crippen LogP contribution is 2.12. The smallest absolute Gasteiger partial charge is 0.326 e. The quantitative estimate of drug-likeness (QED) is 0.0275. The van der Waals surface area contributed by atoms with Crippen LogP contribution in [0.15, 0.2) is 0 Å². The Hall–Kier alpha value is -5.35. The standard InChI is InChI=1S/C41H71N11O14S3/c1-8-20(6)32(40(64)47-22(10-12-28(43)54)33(57)46-23(13-14-69-7)35(59)51-31(19(4)5)41(65)66)52-38(62)26(17-68)49-36(60)24(15-29(55)56)48-34(58)21(9-11-27(42)53)45-37(61)25(16-67)50-39(63)30(44)18(2)3/h18-26,30-32,67-68H,8-17,44H2,1-7H3,(H2,42,53)(H2,43,54)(H,45,61)(H,46,57)(H,47,64)(H,48,58)(H,49,60)(H,50,63)(H,51,59)(H,52,62)(H,55,56)(H,65,66)/t20-,21-,22-,23-,24-,25-,26-,30-,31-,32-/m0/s1. The number of hydrogen-bond donors (Lipinski definition) is 15. The van der Waals surface area contributed by atoms with Crippen molar-refractivity contribution in [3.8, 4) is 0 Å². The van der Waals surface area contributed by atoms with Crippen LogP contribution in [-0.2, 0) is 57.5 Å². The van der Waals surface area contributed by atoms with Gasteiger partial charge in [-0.05, 0) is 49.0 Å². The average Bonchev–Trinajstić information content (AvgIpc) is 3.27. The van der Waals surface area contributed by atoms with Crippen molar-refractivity contribution < 1.29 is 67.7 Å². The maximum atomic E-state index is 13.9. The summed E-state index contributed by atoms with van der Waals surface area (Å²) in [5, 5.41) is 38.4. The van der Waals surface area contributed by atoms with Crippen molar-refractivity contribution in [3.05, 3.63) is 0 Å². The highest BCUT2D eigenvalue weighted by molar-refractivity contribution is 7.98. The molecule has 0 spiro atoms. The Balaban J connectivity index is 6.51. The molecular formula is C41H71N11O14S3. The molecule has 10 amide bonds. The van der Waals surface area contributed by atoms with E-state index in [9.17, 15) is 67.7 Å². The van der Waals surface area contributed by atoms with Gasteiger partial charge in [0.15, 0.2) is 0 Å². The van der Waals surface area contributed by atoms with Crippen molar-refractivity contribution in [3.63, 3.8) is 0 Å². The van der Waals surface area contributed by atoms with Gasteiger partial charge in [-0.3, -0.25) is 52.7 Å². The van der Waals surface area contributed by atoms with E-state index in [0.717, 1.165) is 0 Å². The largest absolute Gasteiger partial charge is 0.481 e. The molecule has 0 unspecified atom stereocenters. The van der Waals surface area contributed by atoms with Crippen LogP contribution < -0.4 is 59.7 Å². The molecule has 28 heteroatoms. The fraction of sp³-hybridized carbons (Fsp3) is 0.707. The fourth-order valence-electron chi connectivity index (χ4n) is 6.03. The third-order valence-corrected chi connectivity index (χ3v) is 11.9. The lowest BCUT2D eigenvalue weighted by Crippen LogP contribution is -2.62. The van der Waals surface area contributed by atoms with Crippen molar-refractivity contribution in [2.75, 3.05) is 23.5 Å². The van der Waals surface area contributed by atoms with Gasteiger partial charge in [-0.1, -0.05) is 48.0 Å². The van der Waals surface area contributed by atoms with E-state index in [4.69, 9.17) is 17.2 Å². The van der Waals surface area contributed by atoms with Crippen LogP contribution in [0.25, 0.3) is 0 Å². The molecule has 0 radical (unpaired) electrons. The number of primary amides is 2. The number of hydrogen-bond acceptors (Lipinski definition) is 16. The lowest BCUT2D eigenvalue weighted by atomic mass is 9.97. The first-order chi connectivity index (χ1) is 32.1. The maximum absolute atomic E-state index is 13.9. The number of thiol groups is 2. The number of carbonyl (C=O) groups is 12. The molecule has 0 aliphatic rings. The number of nitrogens with two attached hydrogens (primary N) is 3. The Morgan fingerprint density at radius 3 is 1.26 bits per heavy atom. The Morgan fingerprint density at radius 1 is 0.507 bits per heavy atom. The zero-order valence-corrected chi connectivity index (χ0v) is 42.4. The number of carbonyl (C=O) groups excluding carboxylic acids is 10. The molecule has 0 aliphatic carbocycles. The van der Waals surface area contributed by atoms with E-state index >= 15 is 0 Å². The number of rotatable bonds is 34. The molecule has 0 saturated heterocycles. The van der Waals surface area contributed by atoms with Gasteiger partial charge in [-0.25, -0.2) is 4.79 Å². The van der Waals surface area contributed by atoms with Gasteiger partial charge in [-0.15, -0.1) is 0 Å². The zero-order chi connectivity index (χ0) is 53.3. The van der Waals surface area contributed by atoms with E-state index in [-0.39, 0.29) is 30.9 Å². The number of amides is 10. The van der Waals surface area contributed by atoms with E-state index in [1.807, 2.05) is 0 Å². The Morgan fingerprint density at radius 2 is 0.870 bits per heavy atom. The summed E-state index contributed by atoms with van der Waals surface area (Å²) in [4.78, 5) is 155.